The maximum absolute atomic E-state index is 11.6. The first kappa shape index (κ1) is 15.1. The second-order valence-electron chi connectivity index (χ2n) is 5.12. The molecule has 0 spiro atoms. The van der Waals surface area contributed by atoms with Gasteiger partial charge in [-0.05, 0) is 31.0 Å². The molecule has 0 amide bonds. The van der Waals surface area contributed by atoms with Crippen LogP contribution in [0, 0.1) is 0 Å². The van der Waals surface area contributed by atoms with Crippen molar-refractivity contribution in [2.24, 2.45) is 0 Å². The third kappa shape index (κ3) is 3.63. The summed E-state index contributed by atoms with van der Waals surface area (Å²) in [6.07, 6.45) is 2.50. The summed E-state index contributed by atoms with van der Waals surface area (Å²) in [7, 11) is -6.29. The predicted octanol–water partition coefficient (Wildman–Crippen LogP) is 0.661. The van der Waals surface area contributed by atoms with Crippen molar-refractivity contribution in [3.8, 4) is 0 Å². The standard InChI is InChI=1S/C12H18N2O4S2/c1-19(15,16)10-4-5-12(11(13)7-10)14-9-3-2-6-20(17,18)8-9/h4-5,7,9,14H,2-3,6,8,13H2,1H3. The molecule has 0 aliphatic carbocycles. The van der Waals surface area contributed by atoms with Gasteiger partial charge in [-0.2, -0.15) is 0 Å². The number of anilines is 2. The highest BCUT2D eigenvalue weighted by Crippen LogP contribution is 2.25. The zero-order chi connectivity index (χ0) is 15.0. The molecule has 8 heteroatoms. The molecule has 2 rings (SSSR count). The van der Waals surface area contributed by atoms with Crippen LogP contribution >= 0.6 is 0 Å². The number of rotatable bonds is 3. The summed E-state index contributed by atoms with van der Waals surface area (Å²) >= 11 is 0. The smallest absolute Gasteiger partial charge is 0.175 e. The maximum Gasteiger partial charge on any atom is 0.175 e. The molecule has 0 aromatic heterocycles. The van der Waals surface area contributed by atoms with E-state index in [-0.39, 0.29) is 22.4 Å². The largest absolute Gasteiger partial charge is 0.397 e. The number of nitrogens with two attached hydrogens (primary N) is 1. The van der Waals surface area contributed by atoms with E-state index in [1.807, 2.05) is 0 Å². The van der Waals surface area contributed by atoms with Gasteiger partial charge in [0.05, 0.1) is 27.8 Å². The van der Waals surface area contributed by atoms with Crippen LogP contribution in [0.3, 0.4) is 0 Å². The van der Waals surface area contributed by atoms with Crippen LogP contribution in [0.25, 0.3) is 0 Å². The molecule has 0 radical (unpaired) electrons. The molecule has 1 aromatic carbocycles. The molecule has 0 bridgehead atoms. The minimum Gasteiger partial charge on any atom is -0.397 e. The highest BCUT2D eigenvalue weighted by Gasteiger charge is 2.25. The quantitative estimate of drug-likeness (QED) is 0.793. The van der Waals surface area contributed by atoms with Crippen LogP contribution in [0.1, 0.15) is 12.8 Å². The number of nitrogen functional groups attached to an aromatic ring is 1. The topological polar surface area (TPSA) is 106 Å². The molecule has 1 unspecified atom stereocenters. The molecule has 1 aromatic rings. The van der Waals surface area contributed by atoms with Gasteiger partial charge in [0.2, 0.25) is 0 Å². The van der Waals surface area contributed by atoms with Gasteiger partial charge in [-0.25, -0.2) is 16.8 Å². The van der Waals surface area contributed by atoms with Gasteiger partial charge in [-0.15, -0.1) is 0 Å². The highest BCUT2D eigenvalue weighted by atomic mass is 32.2. The summed E-state index contributed by atoms with van der Waals surface area (Å²) in [5, 5.41) is 3.08. The Hall–Kier alpha value is -1.28. The Morgan fingerprint density at radius 1 is 1.35 bits per heavy atom. The second kappa shape index (κ2) is 5.25. The summed E-state index contributed by atoms with van der Waals surface area (Å²) < 4.78 is 46.0. The van der Waals surface area contributed by atoms with Gasteiger partial charge in [0.15, 0.2) is 19.7 Å². The van der Waals surface area contributed by atoms with Crippen LogP contribution < -0.4 is 11.1 Å². The molecule has 20 heavy (non-hydrogen) atoms. The van der Waals surface area contributed by atoms with Crippen LogP contribution in [0.5, 0.6) is 0 Å². The summed E-state index contributed by atoms with van der Waals surface area (Å²) in [5.74, 6) is 0.313. The molecule has 1 saturated heterocycles. The van der Waals surface area contributed by atoms with E-state index >= 15 is 0 Å². The average Bonchev–Trinajstić information content (AvgIpc) is 2.29. The zero-order valence-corrected chi connectivity index (χ0v) is 12.8. The first-order valence-corrected chi connectivity index (χ1v) is 9.95. The Labute approximate surface area is 119 Å². The van der Waals surface area contributed by atoms with Gasteiger partial charge in [-0.3, -0.25) is 0 Å². The van der Waals surface area contributed by atoms with E-state index < -0.39 is 19.7 Å². The van der Waals surface area contributed by atoms with Crippen LogP contribution in [0.15, 0.2) is 23.1 Å². The number of benzene rings is 1. The minimum atomic E-state index is -3.30. The van der Waals surface area contributed by atoms with Gasteiger partial charge in [-0.1, -0.05) is 0 Å². The first-order valence-electron chi connectivity index (χ1n) is 6.24. The molecular weight excluding hydrogens is 300 g/mol. The summed E-state index contributed by atoms with van der Waals surface area (Å²) in [6, 6.07) is 4.24. The lowest BCUT2D eigenvalue weighted by Gasteiger charge is -2.24. The van der Waals surface area contributed by atoms with Crippen molar-refractivity contribution in [1.29, 1.82) is 0 Å². The molecule has 1 fully saturated rings. The number of nitrogens with one attached hydrogen (secondary N) is 1. The Morgan fingerprint density at radius 3 is 2.60 bits per heavy atom. The fraction of sp³-hybridized carbons (Fsp3) is 0.500. The molecule has 112 valence electrons. The van der Waals surface area contributed by atoms with Crippen LogP contribution in [0.2, 0.25) is 0 Å². The number of sulfone groups is 2. The van der Waals surface area contributed by atoms with Crippen molar-refractivity contribution < 1.29 is 16.8 Å². The monoisotopic (exact) mass is 318 g/mol. The fourth-order valence-electron chi connectivity index (χ4n) is 2.26. The predicted molar refractivity (Wildman–Crippen MR) is 79.3 cm³/mol. The van der Waals surface area contributed by atoms with Crippen molar-refractivity contribution >= 4 is 31.0 Å². The lowest BCUT2D eigenvalue weighted by atomic mass is 10.1. The van der Waals surface area contributed by atoms with E-state index in [2.05, 4.69) is 5.32 Å². The van der Waals surface area contributed by atoms with Gasteiger partial charge in [0, 0.05) is 12.3 Å². The van der Waals surface area contributed by atoms with E-state index in [0.29, 0.717) is 17.8 Å². The van der Waals surface area contributed by atoms with E-state index in [4.69, 9.17) is 5.73 Å². The number of hydrogen-bond acceptors (Lipinski definition) is 6. The van der Waals surface area contributed by atoms with Gasteiger partial charge < -0.3 is 11.1 Å². The van der Waals surface area contributed by atoms with Crippen molar-refractivity contribution in [3.63, 3.8) is 0 Å². The summed E-state index contributed by atoms with van der Waals surface area (Å²) in [5.41, 5.74) is 6.70. The van der Waals surface area contributed by atoms with Crippen molar-refractivity contribution in [1.82, 2.24) is 0 Å². The average molecular weight is 318 g/mol. The third-order valence-electron chi connectivity index (χ3n) is 3.27. The SMILES string of the molecule is CS(=O)(=O)c1ccc(NC2CCCS(=O)(=O)C2)c(N)c1. The minimum absolute atomic E-state index is 0.0836. The summed E-state index contributed by atoms with van der Waals surface area (Å²) in [4.78, 5) is 0.150. The zero-order valence-electron chi connectivity index (χ0n) is 11.2. The van der Waals surface area contributed by atoms with Gasteiger partial charge >= 0.3 is 0 Å². The molecule has 3 N–H and O–H groups in total. The first-order chi connectivity index (χ1) is 9.17. The Bertz CT molecular complexity index is 711. The molecule has 1 atom stereocenters. The fourth-order valence-corrected chi connectivity index (χ4v) is 4.55. The van der Waals surface area contributed by atoms with Crippen molar-refractivity contribution in [2.75, 3.05) is 28.8 Å². The molecule has 1 heterocycles. The Kier molecular flexibility index (Phi) is 3.97. The van der Waals surface area contributed by atoms with E-state index in [1.54, 1.807) is 6.07 Å². The molecular formula is C12H18N2O4S2. The lowest BCUT2D eigenvalue weighted by molar-refractivity contribution is 0.562. The van der Waals surface area contributed by atoms with Gasteiger partial charge in [0.1, 0.15) is 0 Å². The van der Waals surface area contributed by atoms with Crippen molar-refractivity contribution in [2.45, 2.75) is 23.8 Å². The molecule has 1 aliphatic heterocycles. The second-order valence-corrected chi connectivity index (χ2v) is 9.36. The Morgan fingerprint density at radius 2 is 2.05 bits per heavy atom. The van der Waals surface area contributed by atoms with E-state index in [9.17, 15) is 16.8 Å². The molecule has 0 saturated carbocycles. The van der Waals surface area contributed by atoms with E-state index in [1.165, 1.54) is 12.1 Å². The van der Waals surface area contributed by atoms with Crippen LogP contribution in [-0.2, 0) is 19.7 Å². The summed E-state index contributed by atoms with van der Waals surface area (Å²) in [6.45, 7) is 0. The lowest BCUT2D eigenvalue weighted by Crippen LogP contribution is -2.35. The van der Waals surface area contributed by atoms with E-state index in [0.717, 1.165) is 12.7 Å². The van der Waals surface area contributed by atoms with Crippen molar-refractivity contribution in [3.05, 3.63) is 18.2 Å². The molecule has 1 aliphatic rings. The Balaban J connectivity index is 2.18. The normalized spacial score (nSPS) is 22.4. The van der Waals surface area contributed by atoms with Crippen LogP contribution in [0.4, 0.5) is 11.4 Å². The van der Waals surface area contributed by atoms with Gasteiger partial charge in [0.25, 0.3) is 0 Å². The third-order valence-corrected chi connectivity index (χ3v) is 6.21. The maximum atomic E-state index is 11.6. The highest BCUT2D eigenvalue weighted by molar-refractivity contribution is 7.91. The number of hydrogen-bond donors (Lipinski definition) is 2. The van der Waals surface area contributed by atoms with Crippen LogP contribution in [-0.4, -0.2) is 40.6 Å². The molecule has 6 nitrogen and oxygen atoms in total.